The first-order valence-corrected chi connectivity index (χ1v) is 7.07. The molecule has 5 heteroatoms. The Morgan fingerprint density at radius 3 is 1.50 bits per heavy atom. The van der Waals surface area contributed by atoms with Crippen LogP contribution >= 0.6 is 18.2 Å². The Kier molecular flexibility index (Phi) is 2.66. The molecular weight excluding hydrogens is 223 g/mol. The van der Waals surface area contributed by atoms with Crippen molar-refractivity contribution in [1.29, 1.82) is 0 Å². The Bertz CT molecular complexity index is 272. The summed E-state index contributed by atoms with van der Waals surface area (Å²) in [7, 11) is 0. The highest BCUT2D eigenvalue weighted by molar-refractivity contribution is 7.81. The molecule has 0 aliphatic carbocycles. The molecule has 0 aromatic heterocycles. The molecule has 0 aromatic carbocycles. The van der Waals surface area contributed by atoms with Crippen LogP contribution in [-0.4, -0.2) is 11.2 Å². The van der Waals surface area contributed by atoms with Crippen LogP contribution in [0.25, 0.3) is 0 Å². The molecule has 0 atom stereocenters. The average molecular weight is 241 g/mol. The highest BCUT2D eigenvalue weighted by atomic mass is 35.7. The largest absolute Gasteiger partial charge is 0.425 e. The van der Waals surface area contributed by atoms with Gasteiger partial charge < -0.3 is 0 Å². The molecule has 0 aromatic rings. The Labute approximate surface area is 90.4 Å². The second kappa shape index (κ2) is 2.98. The number of hydrogen-bond donors (Lipinski definition) is 0. The van der Waals surface area contributed by atoms with Gasteiger partial charge in [-0.15, -0.1) is 0 Å². The van der Waals surface area contributed by atoms with Crippen molar-refractivity contribution in [1.82, 2.24) is 0 Å². The fourth-order valence-electron chi connectivity index (χ4n) is 1.52. The van der Waals surface area contributed by atoms with E-state index >= 15 is 0 Å². The molecule has 1 heterocycles. The highest BCUT2D eigenvalue weighted by Gasteiger charge is 2.59. The summed E-state index contributed by atoms with van der Waals surface area (Å²) in [6.07, 6.45) is 0. The van der Waals surface area contributed by atoms with Crippen molar-refractivity contribution in [2.24, 2.45) is 5.41 Å². The van der Waals surface area contributed by atoms with Gasteiger partial charge in [0.05, 0.1) is 11.2 Å². The van der Waals surface area contributed by atoms with Crippen molar-refractivity contribution in [3.63, 3.8) is 0 Å². The van der Waals surface area contributed by atoms with Crippen molar-refractivity contribution in [2.75, 3.05) is 0 Å². The molecule has 84 valence electrons. The van der Waals surface area contributed by atoms with Gasteiger partial charge in [0, 0.05) is 16.7 Å². The molecule has 1 aliphatic heterocycles. The van der Waals surface area contributed by atoms with Crippen LogP contribution in [0, 0.1) is 5.41 Å². The molecular formula is C9H18ClO3P. The molecule has 1 aliphatic rings. The summed E-state index contributed by atoms with van der Waals surface area (Å²) in [5, 5.41) is 0. The number of halogens is 1. The minimum atomic E-state index is -3.44. The van der Waals surface area contributed by atoms with Gasteiger partial charge >= 0.3 is 6.95 Å². The van der Waals surface area contributed by atoms with E-state index in [1.54, 1.807) is 0 Å². The van der Waals surface area contributed by atoms with Gasteiger partial charge in [-0.25, -0.2) is 4.57 Å². The molecule has 0 spiro atoms. The summed E-state index contributed by atoms with van der Waals surface area (Å²) < 4.78 is 22.3. The van der Waals surface area contributed by atoms with Gasteiger partial charge in [-0.1, -0.05) is 13.8 Å². The summed E-state index contributed by atoms with van der Waals surface area (Å²) in [6, 6.07) is 0. The van der Waals surface area contributed by atoms with Gasteiger partial charge in [-0.3, -0.25) is 9.05 Å². The predicted octanol–water partition coefficient (Wildman–Crippen LogP) is 3.96. The van der Waals surface area contributed by atoms with Crippen LogP contribution in [-0.2, 0) is 13.6 Å². The van der Waals surface area contributed by atoms with Gasteiger partial charge in [0.1, 0.15) is 0 Å². The standard InChI is InChI=1S/C9H18ClO3P/c1-7(2)8(3,4)12-14(10,11)13-9(7,5)6/h1-6H3. The van der Waals surface area contributed by atoms with Crippen molar-refractivity contribution in [2.45, 2.75) is 52.7 Å². The molecule has 0 saturated carbocycles. The molecule has 1 rings (SSSR count). The lowest BCUT2D eigenvalue weighted by atomic mass is 9.66. The van der Waals surface area contributed by atoms with Gasteiger partial charge in [0.25, 0.3) is 0 Å². The first-order valence-electron chi connectivity index (χ1n) is 4.63. The monoisotopic (exact) mass is 240 g/mol. The summed E-state index contributed by atoms with van der Waals surface area (Å²) in [5.74, 6) is 0. The molecule has 0 unspecified atom stereocenters. The molecule has 1 saturated heterocycles. The molecule has 0 amide bonds. The van der Waals surface area contributed by atoms with Crippen LogP contribution in [0.4, 0.5) is 0 Å². The van der Waals surface area contributed by atoms with E-state index < -0.39 is 18.2 Å². The zero-order valence-electron chi connectivity index (χ0n) is 9.55. The first-order chi connectivity index (χ1) is 5.91. The van der Waals surface area contributed by atoms with Crippen LogP contribution in [0.1, 0.15) is 41.5 Å². The zero-order chi connectivity index (χ0) is 11.4. The van der Waals surface area contributed by atoms with Crippen LogP contribution in [0.3, 0.4) is 0 Å². The van der Waals surface area contributed by atoms with Gasteiger partial charge in [-0.2, -0.15) is 0 Å². The van der Waals surface area contributed by atoms with Gasteiger partial charge in [-0.05, 0) is 27.7 Å². The van der Waals surface area contributed by atoms with Crippen molar-refractivity contribution in [3.8, 4) is 0 Å². The molecule has 1 fully saturated rings. The fourth-order valence-corrected chi connectivity index (χ4v) is 4.14. The number of rotatable bonds is 0. The van der Waals surface area contributed by atoms with E-state index in [-0.39, 0.29) is 5.41 Å². The van der Waals surface area contributed by atoms with Crippen LogP contribution in [0.15, 0.2) is 0 Å². The Morgan fingerprint density at radius 1 is 0.929 bits per heavy atom. The molecule has 0 bridgehead atoms. The number of hydrogen-bond acceptors (Lipinski definition) is 3. The van der Waals surface area contributed by atoms with E-state index in [1.807, 2.05) is 41.5 Å². The molecule has 0 radical (unpaired) electrons. The van der Waals surface area contributed by atoms with Crippen LogP contribution < -0.4 is 0 Å². The Hall–Kier alpha value is 0.440. The van der Waals surface area contributed by atoms with E-state index in [9.17, 15) is 4.57 Å². The predicted molar refractivity (Wildman–Crippen MR) is 57.6 cm³/mol. The Balaban J connectivity index is 3.20. The third kappa shape index (κ3) is 1.76. The van der Waals surface area contributed by atoms with Crippen molar-refractivity contribution in [3.05, 3.63) is 0 Å². The fraction of sp³-hybridized carbons (Fsp3) is 1.00. The summed E-state index contributed by atoms with van der Waals surface area (Å²) in [6.45, 7) is 8.12. The van der Waals surface area contributed by atoms with E-state index in [1.165, 1.54) is 0 Å². The van der Waals surface area contributed by atoms with E-state index in [2.05, 4.69) is 0 Å². The summed E-state index contributed by atoms with van der Waals surface area (Å²) in [4.78, 5) is 0. The van der Waals surface area contributed by atoms with Crippen molar-refractivity contribution < 1.29 is 13.6 Å². The van der Waals surface area contributed by atoms with E-state index in [0.29, 0.717) is 0 Å². The zero-order valence-corrected chi connectivity index (χ0v) is 11.2. The van der Waals surface area contributed by atoms with Gasteiger partial charge in [0.2, 0.25) is 0 Å². The quantitative estimate of drug-likeness (QED) is 0.601. The normalized spacial score (nSPS) is 32.5. The third-order valence-corrected chi connectivity index (χ3v) is 5.45. The van der Waals surface area contributed by atoms with Crippen LogP contribution in [0.2, 0.25) is 0 Å². The first kappa shape index (κ1) is 12.5. The lowest BCUT2D eigenvalue weighted by Crippen LogP contribution is -2.57. The van der Waals surface area contributed by atoms with E-state index in [4.69, 9.17) is 20.3 Å². The average Bonchev–Trinajstić information content (AvgIpc) is 1.77. The minimum Gasteiger partial charge on any atom is -0.290 e. The minimum absolute atomic E-state index is 0.275. The smallest absolute Gasteiger partial charge is 0.290 e. The maximum absolute atomic E-state index is 11.7. The summed E-state index contributed by atoms with van der Waals surface area (Å²) >= 11 is 5.68. The lowest BCUT2D eigenvalue weighted by molar-refractivity contribution is -0.165. The van der Waals surface area contributed by atoms with Gasteiger partial charge in [0.15, 0.2) is 0 Å². The van der Waals surface area contributed by atoms with E-state index in [0.717, 1.165) is 0 Å². The summed E-state index contributed by atoms with van der Waals surface area (Å²) in [5.41, 5.74) is -1.43. The van der Waals surface area contributed by atoms with Crippen molar-refractivity contribution >= 4 is 18.2 Å². The second-order valence-corrected chi connectivity index (χ2v) is 7.73. The highest BCUT2D eigenvalue weighted by Crippen LogP contribution is 2.68. The lowest BCUT2D eigenvalue weighted by Gasteiger charge is -2.55. The SMILES string of the molecule is CC1(C)OP(=O)(Cl)OC(C)(C)C1(C)C. The topological polar surface area (TPSA) is 35.5 Å². The Morgan fingerprint density at radius 2 is 1.21 bits per heavy atom. The molecule has 14 heavy (non-hydrogen) atoms. The third-order valence-electron chi connectivity index (χ3n) is 3.68. The van der Waals surface area contributed by atoms with Crippen LogP contribution in [0.5, 0.6) is 0 Å². The molecule has 0 N–H and O–H groups in total. The maximum atomic E-state index is 11.7. The second-order valence-electron chi connectivity index (χ2n) is 5.26. The maximum Gasteiger partial charge on any atom is 0.425 e. The molecule has 3 nitrogen and oxygen atoms in total.